The Morgan fingerprint density at radius 1 is 1.21 bits per heavy atom. The van der Waals surface area contributed by atoms with Gasteiger partial charge in [-0.05, 0) is 40.8 Å². The average Bonchev–Trinajstić information content (AvgIpc) is 3.14. The van der Waals surface area contributed by atoms with E-state index in [1.807, 2.05) is 35.0 Å². The van der Waals surface area contributed by atoms with E-state index in [1.165, 1.54) is 5.56 Å². The lowest BCUT2D eigenvalue weighted by atomic mass is 10.1. The number of thiophene rings is 1. The van der Waals surface area contributed by atoms with E-state index in [9.17, 15) is 4.79 Å². The van der Waals surface area contributed by atoms with Crippen LogP contribution in [0.4, 0.5) is 4.79 Å². The monoisotopic (exact) mass is 348 g/mol. The first-order valence-electron chi connectivity index (χ1n) is 8.10. The maximum atomic E-state index is 11.9. The van der Waals surface area contributed by atoms with Gasteiger partial charge in [0.1, 0.15) is 6.10 Å². The fourth-order valence-electron chi connectivity index (χ4n) is 2.31. The highest BCUT2D eigenvalue weighted by Gasteiger charge is 2.13. The summed E-state index contributed by atoms with van der Waals surface area (Å²) in [6.45, 7) is 1.22. The summed E-state index contributed by atoms with van der Waals surface area (Å²) < 4.78 is 5.58. The molecule has 0 saturated heterocycles. The second-order valence-electron chi connectivity index (χ2n) is 5.37. The first kappa shape index (κ1) is 18.4. The number of aryl methyl sites for hydroxylation is 1. The van der Waals surface area contributed by atoms with Crippen LogP contribution in [0, 0.1) is 0 Å². The van der Waals surface area contributed by atoms with Crippen LogP contribution < -0.4 is 10.6 Å². The van der Waals surface area contributed by atoms with Gasteiger partial charge in [-0.3, -0.25) is 0 Å². The van der Waals surface area contributed by atoms with Gasteiger partial charge in [0.2, 0.25) is 0 Å². The highest BCUT2D eigenvalue weighted by molar-refractivity contribution is 7.07. The smallest absolute Gasteiger partial charge is 0.314 e. The molecule has 5 nitrogen and oxygen atoms in total. The lowest BCUT2D eigenvalue weighted by Crippen LogP contribution is -2.38. The van der Waals surface area contributed by atoms with E-state index in [4.69, 9.17) is 9.84 Å². The van der Waals surface area contributed by atoms with Gasteiger partial charge >= 0.3 is 6.03 Å². The van der Waals surface area contributed by atoms with Crippen molar-refractivity contribution in [1.82, 2.24) is 10.6 Å². The molecule has 1 unspecified atom stereocenters. The fraction of sp³-hybridized carbons (Fsp3) is 0.389. The van der Waals surface area contributed by atoms with Crippen molar-refractivity contribution in [3.63, 3.8) is 0 Å². The number of ether oxygens (including phenoxy) is 1. The molecule has 0 fully saturated rings. The molecule has 130 valence electrons. The van der Waals surface area contributed by atoms with Gasteiger partial charge in [-0.25, -0.2) is 4.79 Å². The summed E-state index contributed by atoms with van der Waals surface area (Å²) >= 11 is 1.58. The Morgan fingerprint density at radius 3 is 2.75 bits per heavy atom. The summed E-state index contributed by atoms with van der Waals surface area (Å²) in [6, 6.07) is 12.0. The van der Waals surface area contributed by atoms with E-state index in [0.29, 0.717) is 13.1 Å². The maximum Gasteiger partial charge on any atom is 0.314 e. The molecule has 0 spiro atoms. The molecule has 0 saturated carbocycles. The second kappa shape index (κ2) is 10.8. The summed E-state index contributed by atoms with van der Waals surface area (Å²) in [6.07, 6.45) is 1.60. The van der Waals surface area contributed by atoms with Crippen LogP contribution in [0.1, 0.15) is 23.7 Å². The van der Waals surface area contributed by atoms with Gasteiger partial charge < -0.3 is 20.5 Å². The predicted molar refractivity (Wildman–Crippen MR) is 96.3 cm³/mol. The number of aliphatic hydroxyl groups is 1. The standard InChI is InChI=1S/C18H24N2O3S/c21-10-11-23-17(16-8-12-24-14-16)13-20-18(22)19-9-4-7-15-5-2-1-3-6-15/h1-3,5-6,8,12,14,17,21H,4,7,9-11,13H2,(H2,19,20,22). The van der Waals surface area contributed by atoms with Crippen LogP contribution in [0.25, 0.3) is 0 Å². The molecule has 0 aliphatic carbocycles. The largest absolute Gasteiger partial charge is 0.394 e. The zero-order valence-electron chi connectivity index (χ0n) is 13.6. The van der Waals surface area contributed by atoms with Gasteiger partial charge in [-0.2, -0.15) is 11.3 Å². The summed E-state index contributed by atoms with van der Waals surface area (Å²) in [7, 11) is 0. The Balaban J connectivity index is 1.65. The minimum Gasteiger partial charge on any atom is -0.394 e. The van der Waals surface area contributed by atoms with Crippen molar-refractivity contribution in [3.8, 4) is 0 Å². The highest BCUT2D eigenvalue weighted by atomic mass is 32.1. The summed E-state index contributed by atoms with van der Waals surface area (Å²) in [4.78, 5) is 11.9. The number of aliphatic hydroxyl groups excluding tert-OH is 1. The molecule has 2 amide bonds. The zero-order valence-corrected chi connectivity index (χ0v) is 14.4. The third kappa shape index (κ3) is 6.70. The number of benzene rings is 1. The Labute approximate surface area is 146 Å². The number of nitrogens with one attached hydrogen (secondary N) is 2. The summed E-state index contributed by atoms with van der Waals surface area (Å²) in [5, 5.41) is 18.5. The van der Waals surface area contributed by atoms with E-state index in [2.05, 4.69) is 22.8 Å². The van der Waals surface area contributed by atoms with E-state index in [1.54, 1.807) is 11.3 Å². The molecule has 1 heterocycles. The van der Waals surface area contributed by atoms with Gasteiger partial charge in [0, 0.05) is 13.1 Å². The third-order valence-corrected chi connectivity index (χ3v) is 4.25. The van der Waals surface area contributed by atoms with Gasteiger partial charge in [0.05, 0.1) is 13.2 Å². The van der Waals surface area contributed by atoms with Gasteiger partial charge in [0.25, 0.3) is 0 Å². The maximum absolute atomic E-state index is 11.9. The number of hydrogen-bond acceptors (Lipinski definition) is 4. The van der Waals surface area contributed by atoms with E-state index >= 15 is 0 Å². The summed E-state index contributed by atoms with van der Waals surface area (Å²) in [5.41, 5.74) is 2.28. The van der Waals surface area contributed by atoms with Gasteiger partial charge in [-0.1, -0.05) is 30.3 Å². The van der Waals surface area contributed by atoms with Crippen LogP contribution >= 0.6 is 11.3 Å². The molecule has 1 aromatic heterocycles. The molecule has 2 aromatic rings. The van der Waals surface area contributed by atoms with E-state index in [0.717, 1.165) is 18.4 Å². The van der Waals surface area contributed by atoms with E-state index < -0.39 is 0 Å². The molecule has 6 heteroatoms. The number of rotatable bonds is 10. The molecule has 1 aromatic carbocycles. The van der Waals surface area contributed by atoms with Gasteiger partial charge in [-0.15, -0.1) is 0 Å². The lowest BCUT2D eigenvalue weighted by molar-refractivity contribution is 0.0297. The predicted octanol–water partition coefficient (Wildman–Crippen LogP) is 2.73. The van der Waals surface area contributed by atoms with Crippen LogP contribution in [0.3, 0.4) is 0 Å². The van der Waals surface area contributed by atoms with Crippen LogP contribution in [0.5, 0.6) is 0 Å². The Kier molecular flexibility index (Phi) is 8.31. The SMILES string of the molecule is O=C(NCCCc1ccccc1)NCC(OCCO)c1ccsc1. The van der Waals surface area contributed by atoms with Gasteiger partial charge in [0.15, 0.2) is 0 Å². The molecule has 3 N–H and O–H groups in total. The second-order valence-corrected chi connectivity index (χ2v) is 6.15. The minimum atomic E-state index is -0.238. The topological polar surface area (TPSA) is 70.6 Å². The van der Waals surface area contributed by atoms with E-state index in [-0.39, 0.29) is 25.3 Å². The van der Waals surface area contributed by atoms with Crippen LogP contribution in [-0.4, -0.2) is 37.4 Å². The van der Waals surface area contributed by atoms with Crippen molar-refractivity contribution < 1.29 is 14.6 Å². The van der Waals surface area contributed by atoms with Crippen molar-refractivity contribution >= 4 is 17.4 Å². The number of carbonyl (C=O) groups excluding carboxylic acids is 1. The van der Waals surface area contributed by atoms with Crippen LogP contribution in [0.2, 0.25) is 0 Å². The van der Waals surface area contributed by atoms with Crippen LogP contribution in [-0.2, 0) is 11.2 Å². The highest BCUT2D eigenvalue weighted by Crippen LogP contribution is 2.19. The molecule has 0 radical (unpaired) electrons. The number of amides is 2. The Bertz CT molecular complexity index is 575. The fourth-order valence-corrected chi connectivity index (χ4v) is 3.01. The minimum absolute atomic E-state index is 0.0354. The number of hydrogen-bond donors (Lipinski definition) is 3. The molecule has 0 aliphatic heterocycles. The first-order valence-corrected chi connectivity index (χ1v) is 9.04. The molecule has 2 rings (SSSR count). The first-order chi connectivity index (χ1) is 11.8. The number of carbonyl (C=O) groups is 1. The molecule has 24 heavy (non-hydrogen) atoms. The van der Waals surface area contributed by atoms with Crippen molar-refractivity contribution in [2.45, 2.75) is 18.9 Å². The lowest BCUT2D eigenvalue weighted by Gasteiger charge is -2.17. The normalized spacial score (nSPS) is 11.9. The Morgan fingerprint density at radius 2 is 2.04 bits per heavy atom. The van der Waals surface area contributed by atoms with Crippen molar-refractivity contribution in [2.75, 3.05) is 26.3 Å². The molecular formula is C18H24N2O3S. The van der Waals surface area contributed by atoms with Crippen molar-refractivity contribution in [1.29, 1.82) is 0 Å². The quantitative estimate of drug-likeness (QED) is 0.578. The van der Waals surface area contributed by atoms with Crippen LogP contribution in [0.15, 0.2) is 47.2 Å². The molecular weight excluding hydrogens is 324 g/mol. The third-order valence-electron chi connectivity index (χ3n) is 3.54. The molecule has 0 bridgehead atoms. The zero-order chi connectivity index (χ0) is 17.0. The Hall–Kier alpha value is -1.89. The summed E-state index contributed by atoms with van der Waals surface area (Å²) in [5.74, 6) is 0. The van der Waals surface area contributed by atoms with Crippen molar-refractivity contribution in [3.05, 3.63) is 58.3 Å². The molecule has 0 aliphatic rings. The van der Waals surface area contributed by atoms with Crippen molar-refractivity contribution in [2.24, 2.45) is 0 Å². The average molecular weight is 348 g/mol. The number of urea groups is 1. The molecule has 1 atom stereocenters.